The van der Waals surface area contributed by atoms with Crippen molar-refractivity contribution < 1.29 is 0 Å². The summed E-state index contributed by atoms with van der Waals surface area (Å²) >= 11 is 11.3. The zero-order chi connectivity index (χ0) is 85.0. The van der Waals surface area contributed by atoms with Crippen molar-refractivity contribution in [2.75, 3.05) is 0 Å². The first-order valence-electron chi connectivity index (χ1n) is 44.7. The van der Waals surface area contributed by atoms with E-state index in [0.29, 0.717) is 0 Å². The Labute approximate surface area is 771 Å². The molecule has 0 aliphatic rings. The average Bonchev–Trinajstić information content (AvgIpc) is 1.69. The lowest BCUT2D eigenvalue weighted by atomic mass is 9.90. The van der Waals surface area contributed by atoms with Crippen molar-refractivity contribution in [3.8, 4) is 100 Å². The van der Waals surface area contributed by atoms with Crippen LogP contribution in [0.4, 0.5) is 0 Å². The minimum Gasteiger partial charge on any atom is -0.261 e. The number of aromatic nitrogens is 3. The minimum absolute atomic E-state index is 0.901. The van der Waals surface area contributed by atoms with Crippen molar-refractivity contribution in [1.29, 1.82) is 0 Å². The van der Waals surface area contributed by atoms with Gasteiger partial charge < -0.3 is 0 Å². The molecule has 0 saturated carbocycles. The Morgan fingerprint density at radius 2 is 0.341 bits per heavy atom. The first kappa shape index (κ1) is 77.6. The average molecular weight is 1760 g/mol. The predicted octanol–water partition coefficient (Wildman–Crippen LogP) is 35.6. The third-order valence-corrected chi connectivity index (χ3v) is 33.3. The highest BCUT2D eigenvalue weighted by atomic mass is 32.1. The van der Waals surface area contributed by atoms with Crippen LogP contribution in [0, 0.1) is 0 Å². The van der Waals surface area contributed by atoms with Gasteiger partial charge in [-0.2, -0.15) is 0 Å². The summed E-state index contributed by atoms with van der Waals surface area (Å²) in [6, 6.07) is 137. The fraction of sp³-hybridized carbons (Fsp3) is 0.0750. The summed E-state index contributed by atoms with van der Waals surface area (Å²) in [6.07, 6.45) is 14.9. The highest BCUT2D eigenvalue weighted by Crippen LogP contribution is 2.47. The van der Waals surface area contributed by atoms with E-state index in [2.05, 4.69) is 383 Å². The molecule has 25 rings (SSSR count). The van der Waals surface area contributed by atoms with Gasteiger partial charge in [0.05, 0.1) is 0 Å². The van der Waals surface area contributed by atoms with Crippen LogP contribution >= 0.6 is 68.0 Å². The van der Waals surface area contributed by atoms with E-state index in [1.807, 2.05) is 68.0 Å². The second-order valence-corrected chi connectivity index (χ2v) is 41.1. The Morgan fingerprint density at radius 3 is 0.597 bits per heavy atom. The molecule has 0 aliphatic heterocycles. The zero-order valence-electron chi connectivity index (χ0n) is 70.5. The maximum absolute atomic E-state index is 5.13. The van der Waals surface area contributed by atoms with Crippen LogP contribution in [0.5, 0.6) is 0 Å². The van der Waals surface area contributed by atoms with Gasteiger partial charge in [-0.3, -0.25) is 15.0 Å². The number of nitrogens with zero attached hydrogens (tertiary/aromatic N) is 3. The van der Waals surface area contributed by atoms with Crippen molar-refractivity contribution in [3.05, 3.63) is 416 Å². The Morgan fingerprint density at radius 1 is 0.140 bits per heavy atom. The van der Waals surface area contributed by atoms with Crippen LogP contribution < -0.4 is 0 Å². The molecule has 0 amide bonds. The summed E-state index contributed by atoms with van der Waals surface area (Å²) in [5.74, 6) is 0. The van der Waals surface area contributed by atoms with Gasteiger partial charge in [0.1, 0.15) is 0 Å². The van der Waals surface area contributed by atoms with Crippen LogP contribution in [-0.4, -0.2) is 15.0 Å². The zero-order valence-corrected chi connectivity index (χ0v) is 75.4. The van der Waals surface area contributed by atoms with E-state index in [9.17, 15) is 0 Å². The Balaban J connectivity index is 0.462. The first-order chi connectivity index (χ1) is 63.7. The van der Waals surface area contributed by atoms with Gasteiger partial charge in [0.2, 0.25) is 0 Å². The van der Waals surface area contributed by atoms with E-state index >= 15 is 0 Å². The van der Waals surface area contributed by atoms with Gasteiger partial charge in [0.25, 0.3) is 0 Å². The monoisotopic (exact) mass is 1760 g/mol. The fourth-order valence-corrected chi connectivity index (χ4v) is 26.1. The topological polar surface area (TPSA) is 38.7 Å². The van der Waals surface area contributed by atoms with Crippen LogP contribution in [0.15, 0.2) is 383 Å². The summed E-state index contributed by atoms with van der Waals surface area (Å²) < 4.78 is 16.0. The lowest BCUT2D eigenvalue weighted by molar-refractivity contribution is 0.800. The number of thiophene rings is 6. The van der Waals surface area contributed by atoms with Crippen molar-refractivity contribution in [1.82, 2.24) is 15.0 Å². The van der Waals surface area contributed by atoms with E-state index in [-0.39, 0.29) is 0 Å². The molecule has 0 unspecified atom stereocenters. The standard InChI is InChI=1S/C120H81N3S6/c1-4-28-109-97(25-1)103-64-82(37-49-115(103)124-109)85-40-52-118-106(67-85)100-55-73(31-46-112(100)127-118)13-7-22-94-43-34-88(70-121-94)76-16-10-19-79(58-76)91-61-92(80-20-11-17-77(59-80)89-35-44-95(122-71-89)23-8-14-74-32-47-113-101(56-74)107-68-86(41-53-119(107)128-113)83-38-50-116-104(65-83)98-26-2-5-29-110(98)125-116)63-93(62-91)81-21-12-18-78(60-81)90-36-45-96(123-72-90)24-9-15-75-33-48-114-102(57-75)108-69-87(42-54-120(108)129-114)84-39-51-117-105(66-84)99-27-3-6-30-111(99)126-117/h1-6,10-12,16-21,25-72H,7-9,13-15,22-24H2. The molecule has 0 aliphatic carbocycles. The van der Waals surface area contributed by atoms with E-state index in [0.717, 1.165) is 142 Å². The molecule has 0 radical (unpaired) electrons. The Bertz CT molecular complexity index is 7920. The largest absolute Gasteiger partial charge is 0.261 e. The highest BCUT2D eigenvalue weighted by molar-refractivity contribution is 7.28. The third-order valence-electron chi connectivity index (χ3n) is 26.4. The van der Waals surface area contributed by atoms with Crippen LogP contribution in [-0.2, 0) is 38.5 Å². The van der Waals surface area contributed by atoms with E-state index in [4.69, 9.17) is 15.0 Å². The molecule has 9 heteroatoms. The van der Waals surface area contributed by atoms with Crippen molar-refractivity contribution in [3.63, 3.8) is 0 Å². The molecule has 612 valence electrons. The van der Waals surface area contributed by atoms with E-state index in [1.165, 1.54) is 171 Å². The molecule has 16 aromatic carbocycles. The smallest absolute Gasteiger partial charge is 0.0404 e. The van der Waals surface area contributed by atoms with Gasteiger partial charge in [-0.05, 0) is 340 Å². The molecule has 0 N–H and O–H groups in total. The summed E-state index contributed by atoms with van der Waals surface area (Å²) in [4.78, 5) is 15.4. The molecule has 0 fully saturated rings. The van der Waals surface area contributed by atoms with Crippen LogP contribution in [0.1, 0.15) is 53.0 Å². The molecule has 25 aromatic rings. The minimum atomic E-state index is 0.901. The lowest BCUT2D eigenvalue weighted by Gasteiger charge is -2.14. The summed E-state index contributed by atoms with van der Waals surface area (Å²) in [5, 5.41) is 16.0. The number of fused-ring (bicyclic) bond motifs is 18. The lowest BCUT2D eigenvalue weighted by Crippen LogP contribution is -1.94. The molecule has 0 bridgehead atoms. The molecule has 9 heterocycles. The van der Waals surface area contributed by atoms with Crippen molar-refractivity contribution in [2.24, 2.45) is 0 Å². The van der Waals surface area contributed by atoms with Crippen molar-refractivity contribution >= 4 is 189 Å². The van der Waals surface area contributed by atoms with E-state index < -0.39 is 0 Å². The van der Waals surface area contributed by atoms with Crippen molar-refractivity contribution in [2.45, 2.75) is 57.8 Å². The number of hydrogen-bond acceptors (Lipinski definition) is 9. The Hall–Kier alpha value is -13.7. The quantitative estimate of drug-likeness (QED) is 0.0720. The number of benzene rings is 16. The maximum Gasteiger partial charge on any atom is 0.0404 e. The van der Waals surface area contributed by atoms with E-state index in [1.54, 1.807) is 0 Å². The molecule has 0 spiro atoms. The summed E-state index contributed by atoms with van der Waals surface area (Å²) in [5.41, 5.74) is 28.6. The van der Waals surface area contributed by atoms with Gasteiger partial charge in [0.15, 0.2) is 0 Å². The van der Waals surface area contributed by atoms with Gasteiger partial charge in [-0.15, -0.1) is 68.0 Å². The molecule has 9 aromatic heterocycles. The predicted molar refractivity (Wildman–Crippen MR) is 561 cm³/mol. The fourth-order valence-electron chi connectivity index (χ4n) is 19.6. The van der Waals surface area contributed by atoms with Crippen LogP contribution in [0.3, 0.4) is 0 Å². The second kappa shape index (κ2) is 32.9. The maximum atomic E-state index is 5.13. The molecular formula is C120H81N3S6. The first-order valence-corrected chi connectivity index (χ1v) is 49.6. The van der Waals surface area contributed by atoms with Crippen LogP contribution in [0.25, 0.3) is 221 Å². The number of pyridine rings is 3. The normalized spacial score (nSPS) is 12.0. The molecular weight excluding hydrogens is 1680 g/mol. The molecule has 129 heavy (non-hydrogen) atoms. The molecule has 0 saturated heterocycles. The third kappa shape index (κ3) is 15.0. The number of rotatable bonds is 21. The second-order valence-electron chi connectivity index (χ2n) is 34.6. The van der Waals surface area contributed by atoms with Gasteiger partial charge in [-0.25, -0.2) is 0 Å². The number of aryl methyl sites for hydroxylation is 6. The number of hydrogen-bond donors (Lipinski definition) is 0. The Kier molecular flexibility index (Phi) is 19.8. The molecule has 0 atom stereocenters. The highest BCUT2D eigenvalue weighted by Gasteiger charge is 2.20. The SMILES string of the molecule is c1cc(-c2ccc(CCCc3ccc4sc5ccc(-c6ccc7sc8ccccc8c7c6)cc5c4c3)nc2)cc(-c2cc(-c3cccc(-c4ccc(CCCc5ccc6sc7ccc(-c8ccc9sc%10ccccc%10c9c8)cc7c6c5)nc4)c3)cc(-c3cccc(-c4ccc(CCCc5ccc6sc7ccc(-c8ccc9sc%10ccccc%10c9c8)cc7c6c5)nc4)c3)c2)c1. The summed E-state index contributed by atoms with van der Waals surface area (Å²) in [6.45, 7) is 0. The van der Waals surface area contributed by atoms with Gasteiger partial charge >= 0.3 is 0 Å². The van der Waals surface area contributed by atoms with Crippen LogP contribution in [0.2, 0.25) is 0 Å². The van der Waals surface area contributed by atoms with Gasteiger partial charge in [-0.1, -0.05) is 182 Å². The summed E-state index contributed by atoms with van der Waals surface area (Å²) in [7, 11) is 0. The molecule has 3 nitrogen and oxygen atoms in total. The van der Waals surface area contributed by atoms with Gasteiger partial charge in [0, 0.05) is 173 Å².